The van der Waals surface area contributed by atoms with Crippen molar-refractivity contribution in [3.8, 4) is 11.8 Å². The molecule has 0 fully saturated rings. The van der Waals surface area contributed by atoms with Gasteiger partial charge in [0.1, 0.15) is 0 Å². The lowest BCUT2D eigenvalue weighted by Crippen LogP contribution is -2.03. The van der Waals surface area contributed by atoms with Crippen molar-refractivity contribution in [3.63, 3.8) is 0 Å². The second-order valence-electron chi connectivity index (χ2n) is 4.32. The first-order valence-electron chi connectivity index (χ1n) is 6.03. The first-order valence-corrected chi connectivity index (χ1v) is 6.99. The molecule has 0 amide bonds. The minimum Gasteiger partial charge on any atom is -0.246 e. The minimum atomic E-state index is 0.223. The lowest BCUT2D eigenvalue weighted by atomic mass is 9.97. The van der Waals surface area contributed by atoms with Gasteiger partial charge in [-0.25, -0.2) is 3.11 Å². The van der Waals surface area contributed by atoms with Crippen LogP contribution in [0.2, 0.25) is 0 Å². The van der Waals surface area contributed by atoms with Crippen molar-refractivity contribution in [3.05, 3.63) is 59.7 Å². The molecule has 0 saturated carbocycles. The molecule has 0 aromatic heterocycles. The Kier molecular flexibility index (Phi) is 5.03. The number of hydrogen-bond donors (Lipinski definition) is 0. The first kappa shape index (κ1) is 13.4. The van der Waals surface area contributed by atoms with E-state index >= 15 is 0 Å². The van der Waals surface area contributed by atoms with Gasteiger partial charge in [0.05, 0.1) is 5.92 Å². The molecule has 0 N–H and O–H groups in total. The zero-order valence-corrected chi connectivity index (χ0v) is 12.6. The Morgan fingerprint density at radius 1 is 1.28 bits per heavy atom. The molecule has 92 valence electrons. The molecule has 0 spiro atoms. The summed E-state index contributed by atoms with van der Waals surface area (Å²) in [6.45, 7) is 0.968. The highest BCUT2D eigenvalue weighted by Gasteiger charge is 2.05. The van der Waals surface area contributed by atoms with E-state index in [9.17, 15) is 0 Å². The first-order chi connectivity index (χ1) is 8.75. The molecule has 0 aliphatic heterocycles. The maximum Gasteiger partial charge on any atom is 0.0635 e. The SMILES string of the molecule is CN(I)Cc1ccc(C2C#CC/C=C/C=C2)cc1. The Labute approximate surface area is 123 Å². The monoisotopic (exact) mass is 349 g/mol. The van der Waals surface area contributed by atoms with Crippen LogP contribution in [0.3, 0.4) is 0 Å². The van der Waals surface area contributed by atoms with Gasteiger partial charge in [0.2, 0.25) is 0 Å². The average Bonchev–Trinajstić information content (AvgIpc) is 2.29. The van der Waals surface area contributed by atoms with Crippen LogP contribution in [-0.2, 0) is 6.54 Å². The molecular formula is C16H16IN. The number of allylic oxidation sites excluding steroid dienone is 4. The smallest absolute Gasteiger partial charge is 0.0635 e. The summed E-state index contributed by atoms with van der Waals surface area (Å²) in [7, 11) is 2.07. The maximum atomic E-state index is 3.30. The van der Waals surface area contributed by atoms with Crippen LogP contribution in [0.15, 0.2) is 48.6 Å². The molecule has 1 aromatic rings. The van der Waals surface area contributed by atoms with Crippen molar-refractivity contribution in [1.82, 2.24) is 3.11 Å². The normalized spacial score (nSPS) is 19.8. The summed E-state index contributed by atoms with van der Waals surface area (Å²) in [5.74, 6) is 6.71. The quantitative estimate of drug-likeness (QED) is 0.452. The third-order valence-electron chi connectivity index (χ3n) is 2.77. The largest absolute Gasteiger partial charge is 0.246 e. The lowest BCUT2D eigenvalue weighted by molar-refractivity contribution is 0.610. The molecule has 18 heavy (non-hydrogen) atoms. The topological polar surface area (TPSA) is 3.24 Å². The molecule has 1 aliphatic rings. The summed E-state index contributed by atoms with van der Waals surface area (Å²) in [5.41, 5.74) is 2.60. The van der Waals surface area contributed by atoms with E-state index in [0.29, 0.717) is 0 Å². The fourth-order valence-corrected chi connectivity index (χ4v) is 2.27. The van der Waals surface area contributed by atoms with Gasteiger partial charge in [0.25, 0.3) is 0 Å². The average molecular weight is 349 g/mol. The van der Waals surface area contributed by atoms with Crippen molar-refractivity contribution in [2.24, 2.45) is 0 Å². The van der Waals surface area contributed by atoms with Gasteiger partial charge >= 0.3 is 0 Å². The Bertz CT molecular complexity index is 500. The van der Waals surface area contributed by atoms with E-state index < -0.39 is 0 Å². The predicted molar refractivity (Wildman–Crippen MR) is 85.3 cm³/mol. The predicted octanol–water partition coefficient (Wildman–Crippen LogP) is 4.07. The van der Waals surface area contributed by atoms with Gasteiger partial charge in [0.15, 0.2) is 0 Å². The summed E-state index contributed by atoms with van der Waals surface area (Å²) >= 11 is 2.30. The maximum absolute atomic E-state index is 3.30. The molecule has 0 heterocycles. The summed E-state index contributed by atoms with van der Waals surface area (Å²) in [4.78, 5) is 0. The van der Waals surface area contributed by atoms with Crippen LogP contribution in [0.25, 0.3) is 0 Å². The molecular weight excluding hydrogens is 333 g/mol. The molecule has 0 radical (unpaired) electrons. The van der Waals surface area contributed by atoms with Gasteiger partial charge in [-0.05, 0) is 18.2 Å². The van der Waals surface area contributed by atoms with Crippen LogP contribution in [0.5, 0.6) is 0 Å². The number of nitrogens with zero attached hydrogens (tertiary/aromatic N) is 1. The molecule has 1 unspecified atom stereocenters. The van der Waals surface area contributed by atoms with E-state index in [1.54, 1.807) is 0 Å². The molecule has 2 rings (SSSR count). The Hall–Kier alpha value is -1.05. The van der Waals surface area contributed by atoms with E-state index in [2.05, 4.69) is 93.4 Å². The fourth-order valence-electron chi connectivity index (χ4n) is 1.87. The van der Waals surface area contributed by atoms with Crippen LogP contribution in [0.1, 0.15) is 23.5 Å². The third kappa shape index (κ3) is 4.01. The van der Waals surface area contributed by atoms with Crippen molar-refractivity contribution in [2.75, 3.05) is 7.05 Å². The molecule has 0 saturated heterocycles. The van der Waals surface area contributed by atoms with E-state index in [1.807, 2.05) is 0 Å². The number of benzene rings is 1. The van der Waals surface area contributed by atoms with Crippen LogP contribution >= 0.6 is 22.9 Å². The van der Waals surface area contributed by atoms with Gasteiger partial charge in [0, 0.05) is 35.8 Å². The van der Waals surface area contributed by atoms with Gasteiger partial charge in [-0.15, -0.1) is 0 Å². The molecule has 1 nitrogen and oxygen atoms in total. The van der Waals surface area contributed by atoms with Crippen LogP contribution < -0.4 is 0 Å². The van der Waals surface area contributed by atoms with E-state index in [1.165, 1.54) is 11.1 Å². The molecule has 1 atom stereocenters. The number of rotatable bonds is 3. The van der Waals surface area contributed by atoms with Crippen molar-refractivity contribution < 1.29 is 0 Å². The molecule has 0 bridgehead atoms. The van der Waals surface area contributed by atoms with Crippen molar-refractivity contribution in [1.29, 1.82) is 0 Å². The van der Waals surface area contributed by atoms with E-state index in [0.717, 1.165) is 13.0 Å². The van der Waals surface area contributed by atoms with Gasteiger partial charge < -0.3 is 0 Å². The van der Waals surface area contributed by atoms with Crippen LogP contribution in [-0.4, -0.2) is 10.2 Å². The summed E-state index contributed by atoms with van der Waals surface area (Å²) in [6.07, 6.45) is 9.24. The van der Waals surface area contributed by atoms with Crippen LogP contribution in [0, 0.1) is 11.8 Å². The van der Waals surface area contributed by atoms with E-state index in [4.69, 9.17) is 0 Å². The highest BCUT2D eigenvalue weighted by atomic mass is 127. The molecule has 1 aliphatic carbocycles. The van der Waals surface area contributed by atoms with Gasteiger partial charge in [-0.2, -0.15) is 0 Å². The summed E-state index contributed by atoms with van der Waals surface area (Å²) < 4.78 is 2.15. The number of hydrogen-bond acceptors (Lipinski definition) is 1. The molecule has 2 heteroatoms. The number of halogens is 1. The zero-order chi connectivity index (χ0) is 12.8. The third-order valence-corrected chi connectivity index (χ3v) is 3.11. The highest BCUT2D eigenvalue weighted by molar-refractivity contribution is 14.1. The second-order valence-corrected chi connectivity index (χ2v) is 5.97. The molecule has 1 aromatic carbocycles. The Balaban J connectivity index is 2.15. The van der Waals surface area contributed by atoms with Crippen molar-refractivity contribution >= 4 is 22.9 Å². The van der Waals surface area contributed by atoms with E-state index in [-0.39, 0.29) is 5.92 Å². The van der Waals surface area contributed by atoms with Gasteiger partial charge in [-0.1, -0.05) is 60.4 Å². The van der Waals surface area contributed by atoms with Gasteiger partial charge in [-0.3, -0.25) is 0 Å². The minimum absolute atomic E-state index is 0.223. The van der Waals surface area contributed by atoms with Crippen LogP contribution in [0.4, 0.5) is 0 Å². The van der Waals surface area contributed by atoms with Crippen molar-refractivity contribution in [2.45, 2.75) is 18.9 Å². The Morgan fingerprint density at radius 2 is 2.06 bits per heavy atom. The summed E-state index contributed by atoms with van der Waals surface area (Å²) in [5, 5.41) is 0. The fraction of sp³-hybridized carbons (Fsp3) is 0.250. The summed E-state index contributed by atoms with van der Waals surface area (Å²) in [6, 6.07) is 8.75. The lowest BCUT2D eigenvalue weighted by Gasteiger charge is -2.10. The highest BCUT2D eigenvalue weighted by Crippen LogP contribution is 2.19. The Morgan fingerprint density at radius 3 is 2.78 bits per heavy atom. The second kappa shape index (κ2) is 6.77. The standard InChI is InChI=1S/C16H16IN/c1-18(17)13-14-9-11-16(12-10-14)15-7-5-3-2-4-6-8-15/h2-3,5,7,9-12,15H,4,13H2,1H3/b3-2+,7-5?. The zero-order valence-electron chi connectivity index (χ0n) is 10.4.